The van der Waals surface area contributed by atoms with Gasteiger partial charge in [0.1, 0.15) is 5.82 Å². The van der Waals surface area contributed by atoms with Crippen LogP contribution in [0.25, 0.3) is 0 Å². The molecular formula is C18H33N3. The van der Waals surface area contributed by atoms with Gasteiger partial charge in [-0.05, 0) is 49.9 Å². The van der Waals surface area contributed by atoms with Crippen LogP contribution in [0.4, 0.5) is 5.82 Å². The van der Waals surface area contributed by atoms with Gasteiger partial charge in [-0.25, -0.2) is 4.98 Å². The Labute approximate surface area is 131 Å². The van der Waals surface area contributed by atoms with Crippen LogP contribution < -0.4 is 10.2 Å². The zero-order chi connectivity index (χ0) is 15.7. The molecule has 0 amide bonds. The molecule has 0 saturated heterocycles. The predicted molar refractivity (Wildman–Crippen MR) is 92.8 cm³/mol. The molecule has 21 heavy (non-hydrogen) atoms. The van der Waals surface area contributed by atoms with Crippen LogP contribution in [0.5, 0.6) is 0 Å². The maximum Gasteiger partial charge on any atom is 0.129 e. The smallest absolute Gasteiger partial charge is 0.129 e. The van der Waals surface area contributed by atoms with Gasteiger partial charge in [0.15, 0.2) is 0 Å². The van der Waals surface area contributed by atoms with Gasteiger partial charge in [-0.15, -0.1) is 0 Å². The summed E-state index contributed by atoms with van der Waals surface area (Å²) < 4.78 is 0. The molecule has 0 saturated carbocycles. The average Bonchev–Trinajstić information content (AvgIpc) is 2.47. The molecule has 0 aromatic carbocycles. The van der Waals surface area contributed by atoms with E-state index in [4.69, 9.17) is 0 Å². The van der Waals surface area contributed by atoms with Gasteiger partial charge >= 0.3 is 0 Å². The lowest BCUT2D eigenvalue weighted by Gasteiger charge is -2.30. The molecule has 0 fully saturated rings. The third kappa shape index (κ3) is 6.47. The second-order valence-corrected chi connectivity index (χ2v) is 6.35. The molecule has 0 aliphatic carbocycles. The molecule has 120 valence electrons. The number of nitrogens with zero attached hydrogens (tertiary/aromatic N) is 2. The maximum absolute atomic E-state index is 4.60. The quantitative estimate of drug-likeness (QED) is 0.699. The van der Waals surface area contributed by atoms with Crippen LogP contribution in [0, 0.1) is 5.92 Å². The molecule has 1 atom stereocenters. The van der Waals surface area contributed by atoms with E-state index < -0.39 is 0 Å². The van der Waals surface area contributed by atoms with Gasteiger partial charge in [0.2, 0.25) is 0 Å². The van der Waals surface area contributed by atoms with Gasteiger partial charge < -0.3 is 10.2 Å². The van der Waals surface area contributed by atoms with Crippen molar-refractivity contribution in [1.29, 1.82) is 0 Å². The fourth-order valence-corrected chi connectivity index (χ4v) is 2.34. The summed E-state index contributed by atoms with van der Waals surface area (Å²) in [5, 5.41) is 3.51. The summed E-state index contributed by atoms with van der Waals surface area (Å²) in [7, 11) is 0. The number of hydrogen-bond donors (Lipinski definition) is 1. The van der Waals surface area contributed by atoms with Crippen molar-refractivity contribution in [3.05, 3.63) is 23.9 Å². The number of rotatable bonds is 10. The van der Waals surface area contributed by atoms with Gasteiger partial charge in [0.25, 0.3) is 0 Å². The summed E-state index contributed by atoms with van der Waals surface area (Å²) in [6.45, 7) is 14.3. The van der Waals surface area contributed by atoms with Crippen molar-refractivity contribution in [3.63, 3.8) is 0 Å². The van der Waals surface area contributed by atoms with E-state index in [1.807, 2.05) is 6.20 Å². The molecule has 1 heterocycles. The van der Waals surface area contributed by atoms with E-state index in [9.17, 15) is 0 Å². The Hall–Kier alpha value is -1.09. The summed E-state index contributed by atoms with van der Waals surface area (Å²) in [5.74, 6) is 1.81. The van der Waals surface area contributed by atoms with E-state index in [2.05, 4.69) is 62.0 Å². The highest BCUT2D eigenvalue weighted by Gasteiger charge is 2.14. The predicted octanol–water partition coefficient (Wildman–Crippen LogP) is 4.23. The average molecular weight is 291 g/mol. The fourth-order valence-electron chi connectivity index (χ4n) is 2.34. The first-order chi connectivity index (χ1) is 10.1. The molecule has 1 aromatic heterocycles. The van der Waals surface area contributed by atoms with Crippen LogP contribution in [-0.4, -0.2) is 24.1 Å². The largest absolute Gasteiger partial charge is 0.354 e. The normalized spacial score (nSPS) is 12.7. The minimum absolute atomic E-state index is 0.544. The summed E-state index contributed by atoms with van der Waals surface area (Å²) in [4.78, 5) is 7.06. The third-order valence-corrected chi connectivity index (χ3v) is 3.86. The number of pyridine rings is 1. The van der Waals surface area contributed by atoms with Crippen LogP contribution in [-0.2, 0) is 6.54 Å². The number of unbranched alkanes of at least 4 members (excludes halogenated alkanes) is 1. The lowest BCUT2D eigenvalue weighted by molar-refractivity contribution is 0.551. The molecule has 0 bridgehead atoms. The second kappa shape index (κ2) is 9.78. The Balaban J connectivity index is 2.73. The molecule has 1 rings (SSSR count). The van der Waals surface area contributed by atoms with Crippen molar-refractivity contribution in [2.24, 2.45) is 5.92 Å². The number of anilines is 1. The minimum atomic E-state index is 0.544. The van der Waals surface area contributed by atoms with Crippen molar-refractivity contribution in [3.8, 4) is 0 Å². The number of nitrogens with one attached hydrogen (secondary N) is 1. The summed E-state index contributed by atoms with van der Waals surface area (Å²) in [6.07, 6.45) is 5.55. The van der Waals surface area contributed by atoms with Crippen molar-refractivity contribution in [1.82, 2.24) is 10.3 Å². The zero-order valence-corrected chi connectivity index (χ0v) is 14.5. The van der Waals surface area contributed by atoms with E-state index in [-0.39, 0.29) is 0 Å². The van der Waals surface area contributed by atoms with Gasteiger partial charge in [0.05, 0.1) is 0 Å². The standard InChI is InChI=1S/C18H33N3/c1-6-8-11-21(16(5)7-2)18-12-17(9-10-20-18)14-19-13-15(3)4/h9-10,12,15-16,19H,6-8,11,13-14H2,1-5H3. The van der Waals surface area contributed by atoms with Crippen LogP contribution in [0.3, 0.4) is 0 Å². The molecule has 0 spiro atoms. The highest BCUT2D eigenvalue weighted by atomic mass is 15.2. The highest BCUT2D eigenvalue weighted by Crippen LogP contribution is 2.18. The molecule has 0 aliphatic rings. The lowest BCUT2D eigenvalue weighted by Crippen LogP contribution is -2.34. The van der Waals surface area contributed by atoms with Gasteiger partial charge in [-0.2, -0.15) is 0 Å². The van der Waals surface area contributed by atoms with E-state index >= 15 is 0 Å². The van der Waals surface area contributed by atoms with Crippen LogP contribution in [0.2, 0.25) is 0 Å². The molecule has 1 unspecified atom stereocenters. The molecule has 0 radical (unpaired) electrons. The first-order valence-corrected chi connectivity index (χ1v) is 8.50. The molecule has 1 aromatic rings. The van der Waals surface area contributed by atoms with E-state index in [0.717, 1.165) is 31.9 Å². The highest BCUT2D eigenvalue weighted by molar-refractivity contribution is 5.42. The minimum Gasteiger partial charge on any atom is -0.354 e. The molecule has 0 aliphatic heterocycles. The summed E-state index contributed by atoms with van der Waals surface area (Å²) in [6, 6.07) is 4.91. The van der Waals surface area contributed by atoms with E-state index in [0.29, 0.717) is 12.0 Å². The maximum atomic E-state index is 4.60. The van der Waals surface area contributed by atoms with Crippen LogP contribution in [0.15, 0.2) is 18.3 Å². The summed E-state index contributed by atoms with van der Waals surface area (Å²) >= 11 is 0. The van der Waals surface area contributed by atoms with E-state index in [1.165, 1.54) is 18.4 Å². The molecule has 1 N–H and O–H groups in total. The Morgan fingerprint density at radius 3 is 2.62 bits per heavy atom. The topological polar surface area (TPSA) is 28.2 Å². The van der Waals surface area contributed by atoms with Gasteiger partial charge in [-0.1, -0.05) is 34.1 Å². The zero-order valence-electron chi connectivity index (χ0n) is 14.5. The van der Waals surface area contributed by atoms with Crippen molar-refractivity contribution in [2.45, 2.75) is 66.5 Å². The monoisotopic (exact) mass is 291 g/mol. The Morgan fingerprint density at radius 1 is 1.24 bits per heavy atom. The number of aromatic nitrogens is 1. The third-order valence-electron chi connectivity index (χ3n) is 3.86. The molecule has 3 heteroatoms. The Kier molecular flexibility index (Phi) is 8.36. The SMILES string of the molecule is CCCCN(c1cc(CNCC(C)C)ccn1)C(C)CC. The van der Waals surface area contributed by atoms with Crippen molar-refractivity contribution in [2.75, 3.05) is 18.0 Å². The Bertz CT molecular complexity index is 390. The van der Waals surface area contributed by atoms with E-state index in [1.54, 1.807) is 0 Å². The first kappa shape index (κ1) is 18.0. The van der Waals surface area contributed by atoms with Crippen molar-refractivity contribution < 1.29 is 0 Å². The first-order valence-electron chi connectivity index (χ1n) is 8.50. The number of hydrogen-bond acceptors (Lipinski definition) is 3. The molecule has 3 nitrogen and oxygen atoms in total. The fraction of sp³-hybridized carbons (Fsp3) is 0.722. The van der Waals surface area contributed by atoms with Crippen molar-refractivity contribution >= 4 is 5.82 Å². The lowest BCUT2D eigenvalue weighted by atomic mass is 10.1. The summed E-state index contributed by atoms with van der Waals surface area (Å²) in [5.41, 5.74) is 1.32. The van der Waals surface area contributed by atoms with Gasteiger partial charge in [0, 0.05) is 25.3 Å². The van der Waals surface area contributed by atoms with Crippen LogP contribution in [0.1, 0.15) is 59.4 Å². The van der Waals surface area contributed by atoms with Crippen LogP contribution >= 0.6 is 0 Å². The molecular weight excluding hydrogens is 258 g/mol. The second-order valence-electron chi connectivity index (χ2n) is 6.35. The Morgan fingerprint density at radius 2 is 2.00 bits per heavy atom. The van der Waals surface area contributed by atoms with Gasteiger partial charge in [-0.3, -0.25) is 0 Å².